The molecule has 2 amide bonds. The zero-order valence-electron chi connectivity index (χ0n) is 4.60. The minimum absolute atomic E-state index is 1.72. The lowest BCUT2D eigenvalue weighted by molar-refractivity contribution is 0.266. The van der Waals surface area contributed by atoms with E-state index in [9.17, 15) is 25.2 Å². The van der Waals surface area contributed by atoms with Crippen molar-refractivity contribution in [2.45, 2.75) is 0 Å². The number of carbonyl (C=O) groups is 1. The Morgan fingerprint density at radius 1 is 1.45 bits per heavy atom. The molecule has 1 atom stereocenters. The summed E-state index contributed by atoms with van der Waals surface area (Å²) in [6.45, 7) is 0. The molecule has 0 fully saturated rings. The number of rotatable bonds is 2. The van der Waals surface area contributed by atoms with E-state index in [4.69, 9.17) is 0 Å². The van der Waals surface area contributed by atoms with Crippen molar-refractivity contribution in [3.63, 3.8) is 0 Å². The van der Waals surface area contributed by atoms with E-state index in [1.807, 2.05) is 4.72 Å². The fourth-order valence-electron chi connectivity index (χ4n) is 0.171. The van der Waals surface area contributed by atoms with Crippen LogP contribution in [0, 0.1) is 0 Å². The molecule has 0 aromatic rings. The largest absolute Gasteiger partial charge is 0.559 e. The molecule has 1 unspecified atom stereocenters. The maximum atomic E-state index is 11.4. The summed E-state index contributed by atoms with van der Waals surface area (Å²) in [5.74, 6) is 0. The normalized spacial score (nSPS) is 13.6. The third-order valence-corrected chi connectivity index (χ3v) is 1.01. The Balaban J connectivity index is 4.01. The van der Waals surface area contributed by atoms with Crippen LogP contribution in [0.15, 0.2) is 0 Å². The van der Waals surface area contributed by atoms with Crippen molar-refractivity contribution in [2.24, 2.45) is 0 Å². The Kier molecular flexibility index (Phi) is 3.32. The van der Waals surface area contributed by atoms with E-state index in [0.29, 0.717) is 0 Å². The van der Waals surface area contributed by atoms with Gasteiger partial charge in [0.25, 0.3) is 10.4 Å². The van der Waals surface area contributed by atoms with Crippen LogP contribution in [0.2, 0.25) is 0 Å². The molecule has 10 heteroatoms. The number of hydrogen-bond donors (Lipinski definition) is 0. The molecule has 0 aliphatic rings. The second-order valence-corrected chi connectivity index (χ2v) is 2.69. The summed E-state index contributed by atoms with van der Waals surface area (Å²) in [5.41, 5.74) is 0. The molecule has 0 bridgehead atoms. The average Bonchev–Trinajstić information content (AvgIpc) is 1.53. The average molecular weight is 206 g/mol. The van der Waals surface area contributed by atoms with Gasteiger partial charge in [0.2, 0.25) is 0 Å². The maximum Gasteiger partial charge on any atom is 0.252 e. The summed E-state index contributed by atoms with van der Waals surface area (Å²) < 4.78 is 54.7. The second kappa shape index (κ2) is 3.57. The van der Waals surface area contributed by atoms with Crippen molar-refractivity contribution in [3.8, 4) is 0 Å². The molecule has 0 rings (SSSR count). The van der Waals surface area contributed by atoms with Crippen molar-refractivity contribution in [1.82, 2.24) is 0 Å². The van der Waals surface area contributed by atoms with Crippen LogP contribution in [0.5, 0.6) is 0 Å². The highest BCUT2D eigenvalue weighted by Gasteiger charge is 1.91. The Hall–Kier alpha value is -0.770. The number of halogens is 2. The van der Waals surface area contributed by atoms with E-state index in [2.05, 4.69) is 0 Å². The standard InChI is InChI=1S/CHF2N2O4S2/c2-10(7)4-1(6)5-11(3,8)9/h(H-,4,5,6)/q-1/p-1. The molecule has 0 saturated carbocycles. The van der Waals surface area contributed by atoms with Gasteiger partial charge in [-0.15, -0.1) is 7.77 Å². The lowest BCUT2D eigenvalue weighted by Crippen LogP contribution is -1.98. The zero-order chi connectivity index (χ0) is 9.07. The highest BCUT2D eigenvalue weighted by atomic mass is 32.3. The first-order valence-electron chi connectivity index (χ1n) is 1.83. The number of carbonyl (C=O) groups excluding carboxylic acids is 1. The first-order chi connectivity index (χ1) is 4.81. The van der Waals surface area contributed by atoms with Gasteiger partial charge in [-0.25, -0.2) is 12.6 Å². The lowest BCUT2D eigenvalue weighted by atomic mass is 11.2. The predicted octanol–water partition coefficient (Wildman–Crippen LogP) is 0.616. The van der Waals surface area contributed by atoms with Gasteiger partial charge in [0, 0.05) is 0 Å². The Bertz CT molecular complexity index is 272. The molecule has 0 N–H and O–H groups in total. The third-order valence-electron chi connectivity index (χ3n) is 0.337. The van der Waals surface area contributed by atoms with Gasteiger partial charge in [0.05, 0.1) is 0 Å². The van der Waals surface area contributed by atoms with E-state index < -0.39 is 27.8 Å². The summed E-state index contributed by atoms with van der Waals surface area (Å²) in [5, 5.41) is 0. The summed E-state index contributed by atoms with van der Waals surface area (Å²) in [4.78, 5) is 9.88. The van der Waals surface area contributed by atoms with Crippen molar-refractivity contribution in [3.05, 3.63) is 9.44 Å². The molecule has 0 aliphatic carbocycles. The van der Waals surface area contributed by atoms with E-state index in [0.717, 1.165) is 0 Å². The molecular formula is CF2N2O4S2-2. The zero-order valence-corrected chi connectivity index (χ0v) is 6.23. The van der Waals surface area contributed by atoms with Crippen LogP contribution in [0.25, 0.3) is 9.44 Å². The molecule has 0 radical (unpaired) electrons. The molecule has 0 aromatic carbocycles. The molecule has 6 nitrogen and oxygen atoms in total. The highest BCUT2D eigenvalue weighted by molar-refractivity contribution is 7.90. The SMILES string of the molecule is O=C([N-]S(=O)F)[N-]S(=O)(=O)F. The van der Waals surface area contributed by atoms with E-state index in [1.54, 1.807) is 4.72 Å². The smallest absolute Gasteiger partial charge is 0.252 e. The minimum Gasteiger partial charge on any atom is -0.559 e. The van der Waals surface area contributed by atoms with Crippen molar-refractivity contribution >= 4 is 27.8 Å². The molecule has 0 saturated heterocycles. The van der Waals surface area contributed by atoms with Crippen LogP contribution < -0.4 is 0 Å². The van der Waals surface area contributed by atoms with E-state index in [1.165, 1.54) is 0 Å². The highest BCUT2D eigenvalue weighted by Crippen LogP contribution is 2.11. The van der Waals surface area contributed by atoms with Crippen molar-refractivity contribution < 1.29 is 25.2 Å². The quantitative estimate of drug-likeness (QED) is 0.618. The summed E-state index contributed by atoms with van der Waals surface area (Å²) in [6.07, 6.45) is 0. The maximum absolute atomic E-state index is 11.4. The fraction of sp³-hybridized carbons (Fsp3) is 0. The van der Waals surface area contributed by atoms with Gasteiger partial charge < -0.3 is 14.2 Å². The van der Waals surface area contributed by atoms with Crippen LogP contribution in [-0.2, 0) is 21.8 Å². The van der Waals surface area contributed by atoms with E-state index in [-0.39, 0.29) is 0 Å². The summed E-state index contributed by atoms with van der Waals surface area (Å²) >= 11 is -3.38. The van der Waals surface area contributed by atoms with Gasteiger partial charge in [0.1, 0.15) is 11.4 Å². The van der Waals surface area contributed by atoms with Crippen LogP contribution in [0.1, 0.15) is 0 Å². The van der Waals surface area contributed by atoms with Gasteiger partial charge in [-0.3, -0.25) is 0 Å². The van der Waals surface area contributed by atoms with E-state index >= 15 is 0 Å². The molecule has 66 valence electrons. The van der Waals surface area contributed by atoms with Crippen LogP contribution in [0.3, 0.4) is 0 Å². The topological polar surface area (TPSA) is 96.5 Å². The van der Waals surface area contributed by atoms with Gasteiger partial charge in [-0.05, 0) is 6.03 Å². The summed E-state index contributed by atoms with van der Waals surface area (Å²) in [6, 6.07) is -1.99. The molecule has 11 heavy (non-hydrogen) atoms. The minimum atomic E-state index is -5.39. The fourth-order valence-corrected chi connectivity index (χ4v) is 0.614. The van der Waals surface area contributed by atoms with Gasteiger partial charge in [0.15, 0.2) is 0 Å². The van der Waals surface area contributed by atoms with Crippen molar-refractivity contribution in [2.75, 3.05) is 0 Å². The first kappa shape index (κ1) is 10.2. The lowest BCUT2D eigenvalue weighted by Gasteiger charge is -2.22. The number of urea groups is 1. The Labute approximate surface area is 63.2 Å². The Morgan fingerprint density at radius 3 is 2.18 bits per heavy atom. The van der Waals surface area contributed by atoms with Gasteiger partial charge in [-0.1, -0.05) is 0 Å². The summed E-state index contributed by atoms with van der Waals surface area (Å²) in [7, 11) is -5.39. The first-order valence-corrected chi connectivity index (χ1v) is 4.17. The Morgan fingerprint density at radius 2 is 1.91 bits per heavy atom. The second-order valence-electron chi connectivity index (χ2n) is 1.08. The van der Waals surface area contributed by atoms with Crippen LogP contribution in [-0.4, -0.2) is 18.7 Å². The van der Waals surface area contributed by atoms with Gasteiger partial charge >= 0.3 is 0 Å². The monoisotopic (exact) mass is 206 g/mol. The molecular weight excluding hydrogens is 206 g/mol. The molecule has 0 spiro atoms. The molecule has 0 aliphatic heterocycles. The molecule has 0 heterocycles. The number of amides is 2. The van der Waals surface area contributed by atoms with Crippen LogP contribution in [0.4, 0.5) is 12.6 Å². The van der Waals surface area contributed by atoms with Crippen molar-refractivity contribution in [1.29, 1.82) is 0 Å². The third kappa shape index (κ3) is 7.12. The molecule has 0 aromatic heterocycles. The van der Waals surface area contributed by atoms with Crippen LogP contribution >= 0.6 is 0 Å². The number of hydrogen-bond acceptors (Lipinski definition) is 4. The predicted molar refractivity (Wildman–Crippen MR) is 31.4 cm³/mol. The number of nitrogens with zero attached hydrogens (tertiary/aromatic N) is 2. The van der Waals surface area contributed by atoms with Gasteiger partial charge in [-0.2, -0.15) is 0 Å².